The summed E-state index contributed by atoms with van der Waals surface area (Å²) in [5.41, 5.74) is 0. The summed E-state index contributed by atoms with van der Waals surface area (Å²) in [4.78, 5) is 0. The van der Waals surface area contributed by atoms with Crippen molar-refractivity contribution in [1.29, 1.82) is 0 Å². The Morgan fingerprint density at radius 3 is 1.09 bits per heavy atom. The molecule has 0 aromatic carbocycles. The van der Waals surface area contributed by atoms with Crippen LogP contribution in [0.3, 0.4) is 0 Å². The van der Waals surface area contributed by atoms with Crippen molar-refractivity contribution < 1.29 is 0 Å². The van der Waals surface area contributed by atoms with Crippen LogP contribution in [-0.2, 0) is 0 Å². The fourth-order valence-electron chi connectivity index (χ4n) is 0.854. The maximum atomic E-state index is 4.72. The molecule has 0 aliphatic carbocycles. The third kappa shape index (κ3) is 277. The Morgan fingerprint density at radius 1 is 0.773 bits per heavy atom. The average molecular weight is 379 g/mol. The lowest BCUT2D eigenvalue weighted by Crippen LogP contribution is -1.76. The van der Waals surface area contributed by atoms with Gasteiger partial charge in [0.1, 0.15) is 12.2 Å². The first-order chi connectivity index (χ1) is 10.6. The Bertz CT molecular complexity index is 106. The molecule has 0 aliphatic heterocycles. The van der Waals surface area contributed by atoms with Crippen LogP contribution in [-0.4, -0.2) is 38.8 Å². The predicted molar refractivity (Wildman–Crippen MR) is 129 cm³/mol. The summed E-state index contributed by atoms with van der Waals surface area (Å²) in [6.07, 6.45) is 7.27. The van der Waals surface area contributed by atoms with Crippen LogP contribution < -0.4 is 0 Å². The van der Waals surface area contributed by atoms with Crippen molar-refractivity contribution in [2.45, 2.75) is 91.8 Å². The Hall–Kier alpha value is 0.168. The molecule has 0 rings (SSSR count). The summed E-state index contributed by atoms with van der Waals surface area (Å²) in [6, 6.07) is 3.08. The van der Waals surface area contributed by atoms with Gasteiger partial charge in [-0.2, -0.15) is 0 Å². The first-order valence-corrected chi connectivity index (χ1v) is 19.2. The summed E-state index contributed by atoms with van der Waals surface area (Å²) in [5, 5.41) is 0. The van der Waals surface area contributed by atoms with Crippen molar-refractivity contribution in [3.05, 3.63) is 25.3 Å². The predicted octanol–water partition coefficient (Wildman–Crippen LogP) is 4.10. The van der Waals surface area contributed by atoms with E-state index < -0.39 is 0 Å². The van der Waals surface area contributed by atoms with Gasteiger partial charge >= 0.3 is 0 Å². The zero-order chi connectivity index (χ0) is 19.1. The number of rotatable bonds is 5. The van der Waals surface area contributed by atoms with Gasteiger partial charge in [0, 0.05) is 42.4 Å². The lowest BCUT2D eigenvalue weighted by Gasteiger charge is -1.85. The number of hydrogen-bond donors (Lipinski definition) is 0. The molecule has 0 fully saturated rings. The minimum absolute atomic E-state index is 0.403. The maximum Gasteiger partial charge on any atom is 0.201 e. The van der Waals surface area contributed by atoms with E-state index in [1.807, 2.05) is 0 Å². The highest BCUT2D eigenvalue weighted by Gasteiger charge is 1.76. The van der Waals surface area contributed by atoms with Gasteiger partial charge in [0.2, 0.25) is 13.2 Å². The molecule has 0 radical (unpaired) electrons. The smallest absolute Gasteiger partial charge is 0.0777 e. The van der Waals surface area contributed by atoms with Gasteiger partial charge in [-0.05, 0) is 10.2 Å². The van der Waals surface area contributed by atoms with Gasteiger partial charge in [-0.25, -0.2) is 0 Å². The van der Waals surface area contributed by atoms with Crippen molar-refractivity contribution >= 4 is 38.8 Å². The van der Waals surface area contributed by atoms with E-state index >= 15 is 0 Å². The van der Waals surface area contributed by atoms with Crippen molar-refractivity contribution in [1.82, 2.24) is 0 Å². The quantitative estimate of drug-likeness (QED) is 0.384. The normalized spacial score (nSPS) is 7.77. The van der Waals surface area contributed by atoms with Crippen molar-refractivity contribution in [3.63, 3.8) is 0 Å². The molecule has 0 unspecified atom stereocenters. The molecule has 0 N–H and O–H groups in total. The second kappa shape index (κ2) is 83.3. The Morgan fingerprint density at radius 2 is 1.05 bits per heavy atom. The third-order valence-corrected chi connectivity index (χ3v) is 4.29. The first-order valence-electron chi connectivity index (χ1n) is 9.56. The van der Waals surface area contributed by atoms with Crippen molar-refractivity contribution in [2.24, 2.45) is 0 Å². The highest BCUT2D eigenvalue weighted by atomic mass is 28.2. The van der Waals surface area contributed by atoms with E-state index in [1.54, 1.807) is 19.9 Å². The van der Waals surface area contributed by atoms with Crippen LogP contribution in [0.4, 0.5) is 0 Å². The van der Waals surface area contributed by atoms with Crippen LogP contribution in [0.15, 0.2) is 12.2 Å². The molecule has 22 heavy (non-hydrogen) atoms. The monoisotopic (exact) mass is 378 g/mol. The summed E-state index contributed by atoms with van der Waals surface area (Å²) in [7, 11) is 2.54. The highest BCUT2D eigenvalue weighted by Crippen LogP contribution is 1.90. The fraction of sp³-hybridized carbons (Fsp3) is 0.778. The summed E-state index contributed by atoms with van der Waals surface area (Å²) in [6.45, 7) is 28.9. The third-order valence-electron chi connectivity index (χ3n) is 1.66. The molecular weight excluding hydrogens is 329 g/mol. The molecule has 0 bridgehead atoms. The van der Waals surface area contributed by atoms with E-state index in [9.17, 15) is 0 Å². The molecular formula is C18H50Si4+2. The molecule has 0 aliphatic rings. The molecule has 0 aromatic rings. The number of allylic oxidation sites excluding steroid dienone is 2. The summed E-state index contributed by atoms with van der Waals surface area (Å²) in [5.74, 6) is 0. The lowest BCUT2D eigenvalue weighted by atomic mass is 10.4. The molecule has 0 spiro atoms. The van der Waals surface area contributed by atoms with E-state index in [0.717, 1.165) is 0 Å². The minimum atomic E-state index is 0.403. The largest absolute Gasteiger partial charge is 0.201 e. The zero-order valence-electron chi connectivity index (χ0n) is 18.0. The fourth-order valence-corrected chi connectivity index (χ4v) is 2.56. The Kier molecular flexibility index (Phi) is 144. The molecule has 0 saturated heterocycles. The van der Waals surface area contributed by atoms with E-state index in [1.165, 1.54) is 47.7 Å². The van der Waals surface area contributed by atoms with Crippen LogP contribution >= 0.6 is 0 Å². The second-order valence-electron chi connectivity index (χ2n) is 4.43. The van der Waals surface area contributed by atoms with Gasteiger partial charge in [-0.3, -0.25) is 0 Å². The molecule has 0 heterocycles. The molecule has 4 heteroatoms. The molecule has 0 nitrogen and oxygen atoms in total. The highest BCUT2D eigenvalue weighted by molar-refractivity contribution is 6.33. The van der Waals surface area contributed by atoms with Crippen molar-refractivity contribution in [2.75, 3.05) is 0 Å². The van der Waals surface area contributed by atoms with E-state index in [-0.39, 0.29) is 0 Å². The average Bonchev–Trinajstić information content (AvgIpc) is 2.51. The number of hydrogen-bond acceptors (Lipinski definition) is 0. The first kappa shape index (κ1) is 38.0. The second-order valence-corrected chi connectivity index (χ2v) is 9.26. The van der Waals surface area contributed by atoms with E-state index in [4.69, 9.17) is 13.2 Å². The Labute approximate surface area is 155 Å². The van der Waals surface area contributed by atoms with Gasteiger partial charge in [0.15, 0.2) is 0 Å². The number of unbranched alkanes of at least 4 members (excludes halogenated alkanes) is 1. The molecule has 136 valence electrons. The van der Waals surface area contributed by atoms with Gasteiger partial charge < -0.3 is 0 Å². The van der Waals surface area contributed by atoms with Gasteiger partial charge in [-0.15, -0.1) is 0 Å². The van der Waals surface area contributed by atoms with Gasteiger partial charge in [0.25, 0.3) is 0 Å². The van der Waals surface area contributed by atoms with Gasteiger partial charge in [0.05, 0.1) is 0 Å². The SMILES string of the molecule is CCCC[SiH2]C.CCC[SiH2]C.C[SiH2]C.C[SiH3].[CH+]=CC.[CH+]=CC. The molecule has 0 amide bonds. The van der Waals surface area contributed by atoms with Crippen LogP contribution in [0.25, 0.3) is 0 Å². The topological polar surface area (TPSA) is 0 Å². The molecule has 0 aromatic heterocycles. The van der Waals surface area contributed by atoms with Crippen LogP contribution in [0, 0.1) is 13.2 Å². The standard InChI is InChI=1S/C5H14Si.C4H12Si.2C3H5.C2H8Si.CH6Si/c1-3-4-5-6-2;1-3-4-5-2;3*1-3-2;1-2/h3-6H2,1-2H3;3-5H2,1-2H3;2*1,3H,2H3;3H2,1-2H3;1-2H3/q;;2*+1;;. The van der Waals surface area contributed by atoms with Crippen molar-refractivity contribution in [3.8, 4) is 0 Å². The Balaban J connectivity index is -0.0000000365. The summed E-state index contributed by atoms with van der Waals surface area (Å²) >= 11 is 0. The molecule has 0 saturated carbocycles. The van der Waals surface area contributed by atoms with Gasteiger partial charge in [-0.1, -0.05) is 77.9 Å². The van der Waals surface area contributed by atoms with Crippen LogP contribution in [0.2, 0.25) is 44.8 Å². The maximum absolute atomic E-state index is 4.72. The van der Waals surface area contributed by atoms with Crippen LogP contribution in [0.1, 0.15) is 47.0 Å². The minimum Gasteiger partial charge on any atom is -0.0777 e. The van der Waals surface area contributed by atoms with Crippen LogP contribution in [0.5, 0.6) is 0 Å². The van der Waals surface area contributed by atoms with E-state index in [2.05, 4.69) is 46.6 Å². The van der Waals surface area contributed by atoms with E-state index in [0.29, 0.717) is 28.6 Å². The zero-order valence-corrected chi connectivity index (χ0v) is 24.2. The summed E-state index contributed by atoms with van der Waals surface area (Å²) < 4.78 is 0. The molecule has 0 atom stereocenters. The lowest BCUT2D eigenvalue weighted by molar-refractivity contribution is 0.880.